The molecule has 142 valence electrons. The van der Waals surface area contributed by atoms with E-state index >= 15 is 0 Å². The number of aromatic nitrogens is 2. The Kier molecular flexibility index (Phi) is 4.93. The highest BCUT2D eigenvalue weighted by Crippen LogP contribution is 2.34. The van der Waals surface area contributed by atoms with Crippen LogP contribution in [0.2, 0.25) is 0 Å². The fourth-order valence-corrected chi connectivity index (χ4v) is 4.27. The molecule has 0 bridgehead atoms. The maximum atomic E-state index is 12.7. The molecule has 7 nitrogen and oxygen atoms in total. The van der Waals surface area contributed by atoms with E-state index in [0.717, 1.165) is 0 Å². The standard InChI is InChI=1S/C15H16F3N3O4S/c1-24-11-3-2-4-12(9-11)26(22,23)21-7-5-10(6-8-21)13-19-20-14(25-13)15(16,17)18/h2-4,9-10H,5-8H2,1H3. The molecule has 1 aliphatic rings. The Morgan fingerprint density at radius 1 is 1.23 bits per heavy atom. The van der Waals surface area contributed by atoms with E-state index in [1.807, 2.05) is 0 Å². The molecule has 11 heteroatoms. The van der Waals surface area contributed by atoms with Gasteiger partial charge in [0.05, 0.1) is 12.0 Å². The molecule has 1 aromatic heterocycles. The number of sulfonamides is 1. The Hall–Kier alpha value is -2.14. The van der Waals surface area contributed by atoms with Crippen LogP contribution in [0, 0.1) is 0 Å². The van der Waals surface area contributed by atoms with Gasteiger partial charge in [-0.2, -0.15) is 17.5 Å². The first-order chi connectivity index (χ1) is 12.2. The lowest BCUT2D eigenvalue weighted by Gasteiger charge is -2.29. The zero-order valence-corrected chi connectivity index (χ0v) is 14.5. The number of nitrogens with zero attached hydrogens (tertiary/aromatic N) is 3. The summed E-state index contributed by atoms with van der Waals surface area (Å²) < 4.78 is 74.1. The van der Waals surface area contributed by atoms with Crippen LogP contribution in [0.1, 0.15) is 30.5 Å². The highest BCUT2D eigenvalue weighted by atomic mass is 32.2. The van der Waals surface area contributed by atoms with Gasteiger partial charge in [-0.1, -0.05) is 6.07 Å². The van der Waals surface area contributed by atoms with Crippen LogP contribution in [0.15, 0.2) is 33.6 Å². The average Bonchev–Trinajstić information content (AvgIpc) is 3.12. The summed E-state index contributed by atoms with van der Waals surface area (Å²) in [6, 6.07) is 6.11. The summed E-state index contributed by atoms with van der Waals surface area (Å²) in [4.78, 5) is 0.104. The molecular formula is C15H16F3N3O4S. The van der Waals surface area contributed by atoms with Crippen LogP contribution in [0.25, 0.3) is 0 Å². The van der Waals surface area contributed by atoms with Crippen LogP contribution in [0.5, 0.6) is 5.75 Å². The van der Waals surface area contributed by atoms with E-state index in [1.54, 1.807) is 12.1 Å². The molecule has 1 fully saturated rings. The molecule has 0 spiro atoms. The number of halogens is 3. The lowest BCUT2D eigenvalue weighted by atomic mass is 9.98. The monoisotopic (exact) mass is 391 g/mol. The Morgan fingerprint density at radius 3 is 2.50 bits per heavy atom. The molecule has 2 heterocycles. The zero-order chi connectivity index (χ0) is 18.9. The predicted molar refractivity (Wildman–Crippen MR) is 83.0 cm³/mol. The van der Waals surface area contributed by atoms with E-state index in [1.165, 1.54) is 23.5 Å². The average molecular weight is 391 g/mol. The van der Waals surface area contributed by atoms with Gasteiger partial charge in [-0.15, -0.1) is 10.2 Å². The molecule has 0 N–H and O–H groups in total. The van der Waals surface area contributed by atoms with Gasteiger partial charge < -0.3 is 9.15 Å². The molecule has 1 aliphatic heterocycles. The van der Waals surface area contributed by atoms with Gasteiger partial charge in [-0.25, -0.2) is 8.42 Å². The molecule has 0 aliphatic carbocycles. The topological polar surface area (TPSA) is 85.5 Å². The van der Waals surface area contributed by atoms with Crippen molar-refractivity contribution in [1.29, 1.82) is 0 Å². The number of hydrogen-bond acceptors (Lipinski definition) is 6. The second-order valence-corrected chi connectivity index (χ2v) is 7.74. The Morgan fingerprint density at radius 2 is 1.92 bits per heavy atom. The molecule has 0 unspecified atom stereocenters. The first-order valence-corrected chi connectivity index (χ1v) is 9.20. The van der Waals surface area contributed by atoms with Crippen LogP contribution in [0.3, 0.4) is 0 Å². The summed E-state index contributed by atoms with van der Waals surface area (Å²) in [7, 11) is -2.27. The fraction of sp³-hybridized carbons (Fsp3) is 0.467. The third-order valence-electron chi connectivity index (χ3n) is 4.17. The molecule has 2 aromatic rings. The predicted octanol–water partition coefficient (Wildman–Crippen LogP) is 2.67. The maximum absolute atomic E-state index is 12.7. The molecule has 1 aromatic carbocycles. The lowest BCUT2D eigenvalue weighted by molar-refractivity contribution is -0.157. The van der Waals surface area contributed by atoms with Crippen molar-refractivity contribution in [3.8, 4) is 5.75 Å². The minimum atomic E-state index is -4.69. The molecule has 0 atom stereocenters. The summed E-state index contributed by atoms with van der Waals surface area (Å²) in [6.45, 7) is 0.294. The van der Waals surface area contributed by atoms with E-state index < -0.39 is 28.0 Å². The molecular weight excluding hydrogens is 375 g/mol. The van der Waals surface area contributed by atoms with Gasteiger partial charge in [-0.05, 0) is 25.0 Å². The zero-order valence-electron chi connectivity index (χ0n) is 13.7. The number of hydrogen-bond donors (Lipinski definition) is 0. The highest BCUT2D eigenvalue weighted by Gasteiger charge is 2.39. The smallest absolute Gasteiger partial charge is 0.470 e. The molecule has 1 saturated heterocycles. The minimum Gasteiger partial charge on any atom is -0.497 e. The second-order valence-electron chi connectivity index (χ2n) is 5.80. The van der Waals surface area contributed by atoms with Crippen LogP contribution < -0.4 is 4.74 Å². The number of ether oxygens (including phenoxy) is 1. The van der Waals surface area contributed by atoms with Crippen molar-refractivity contribution in [2.75, 3.05) is 20.2 Å². The molecule has 0 amide bonds. The Bertz CT molecular complexity index is 874. The number of alkyl halides is 3. The number of rotatable bonds is 4. The molecule has 3 rings (SSSR count). The van der Waals surface area contributed by atoms with Crippen molar-refractivity contribution in [2.45, 2.75) is 29.8 Å². The SMILES string of the molecule is COc1cccc(S(=O)(=O)N2CCC(c3nnc(C(F)(F)F)o3)CC2)c1. The van der Waals surface area contributed by atoms with Crippen molar-refractivity contribution in [3.63, 3.8) is 0 Å². The highest BCUT2D eigenvalue weighted by molar-refractivity contribution is 7.89. The van der Waals surface area contributed by atoms with E-state index in [9.17, 15) is 21.6 Å². The van der Waals surface area contributed by atoms with E-state index in [2.05, 4.69) is 10.2 Å². The summed E-state index contributed by atoms with van der Waals surface area (Å²) >= 11 is 0. The van der Waals surface area contributed by atoms with Crippen molar-refractivity contribution in [1.82, 2.24) is 14.5 Å². The van der Waals surface area contributed by atoms with Gasteiger partial charge in [0.25, 0.3) is 0 Å². The Balaban J connectivity index is 1.70. The summed E-state index contributed by atoms with van der Waals surface area (Å²) in [6.07, 6.45) is -4.10. The van der Waals surface area contributed by atoms with Crippen LogP contribution in [-0.4, -0.2) is 43.1 Å². The van der Waals surface area contributed by atoms with Crippen LogP contribution in [0.4, 0.5) is 13.2 Å². The van der Waals surface area contributed by atoms with Crippen molar-refractivity contribution in [2.24, 2.45) is 0 Å². The van der Waals surface area contributed by atoms with Gasteiger partial charge in [0.1, 0.15) is 5.75 Å². The first kappa shape index (κ1) is 18.6. The van der Waals surface area contributed by atoms with Crippen molar-refractivity contribution >= 4 is 10.0 Å². The lowest BCUT2D eigenvalue weighted by Crippen LogP contribution is -2.37. The molecule has 26 heavy (non-hydrogen) atoms. The summed E-state index contributed by atoms with van der Waals surface area (Å²) in [5, 5.41) is 6.46. The number of methoxy groups -OCH3 is 1. The summed E-state index contributed by atoms with van der Waals surface area (Å²) in [5.74, 6) is -1.49. The summed E-state index contributed by atoms with van der Waals surface area (Å²) in [5.41, 5.74) is 0. The normalized spacial score (nSPS) is 17.4. The van der Waals surface area contributed by atoms with E-state index in [0.29, 0.717) is 18.6 Å². The van der Waals surface area contributed by atoms with Crippen molar-refractivity contribution in [3.05, 3.63) is 36.0 Å². The van der Waals surface area contributed by atoms with Gasteiger partial charge >= 0.3 is 12.1 Å². The first-order valence-electron chi connectivity index (χ1n) is 7.76. The van der Waals surface area contributed by atoms with Gasteiger partial charge in [0.15, 0.2) is 0 Å². The van der Waals surface area contributed by atoms with E-state index in [4.69, 9.17) is 9.15 Å². The maximum Gasteiger partial charge on any atom is 0.470 e. The molecule has 0 radical (unpaired) electrons. The van der Waals surface area contributed by atoms with E-state index in [-0.39, 0.29) is 23.9 Å². The largest absolute Gasteiger partial charge is 0.497 e. The Labute approximate surface area is 147 Å². The van der Waals surface area contributed by atoms with Gasteiger partial charge in [-0.3, -0.25) is 0 Å². The minimum absolute atomic E-state index is 0.104. The quantitative estimate of drug-likeness (QED) is 0.797. The van der Waals surface area contributed by atoms with Gasteiger partial charge in [0, 0.05) is 25.1 Å². The third-order valence-corrected chi connectivity index (χ3v) is 6.06. The number of piperidine rings is 1. The van der Waals surface area contributed by atoms with Crippen LogP contribution >= 0.6 is 0 Å². The molecule has 0 saturated carbocycles. The number of benzene rings is 1. The van der Waals surface area contributed by atoms with Crippen LogP contribution in [-0.2, 0) is 16.2 Å². The fourth-order valence-electron chi connectivity index (χ4n) is 2.77. The second kappa shape index (κ2) is 6.88. The third kappa shape index (κ3) is 3.68. The van der Waals surface area contributed by atoms with Crippen molar-refractivity contribution < 1.29 is 30.7 Å². The van der Waals surface area contributed by atoms with Gasteiger partial charge in [0.2, 0.25) is 15.9 Å².